The molecule has 39 heavy (non-hydrogen) atoms. The van der Waals surface area contributed by atoms with Gasteiger partial charge in [0.1, 0.15) is 5.82 Å². The van der Waals surface area contributed by atoms with Gasteiger partial charge in [-0.05, 0) is 47.9 Å². The first-order chi connectivity index (χ1) is 19.1. The molecule has 0 atom stereocenters. The molecule has 8 heteroatoms. The van der Waals surface area contributed by atoms with Crippen LogP contribution >= 0.6 is 11.6 Å². The van der Waals surface area contributed by atoms with Gasteiger partial charge < -0.3 is 5.32 Å². The Morgan fingerprint density at radius 1 is 0.897 bits per heavy atom. The summed E-state index contributed by atoms with van der Waals surface area (Å²) in [6.45, 7) is 5.03. The quantitative estimate of drug-likeness (QED) is 0.360. The first-order valence-electron chi connectivity index (χ1n) is 13.4. The summed E-state index contributed by atoms with van der Waals surface area (Å²) in [6.07, 6.45) is 6.03. The molecule has 1 aromatic heterocycles. The summed E-state index contributed by atoms with van der Waals surface area (Å²) in [7, 11) is 0. The van der Waals surface area contributed by atoms with Crippen molar-refractivity contribution in [3.63, 3.8) is 0 Å². The van der Waals surface area contributed by atoms with Crippen LogP contribution in [0.3, 0.4) is 0 Å². The van der Waals surface area contributed by atoms with Crippen LogP contribution in [0.5, 0.6) is 0 Å². The van der Waals surface area contributed by atoms with Crippen LogP contribution in [0, 0.1) is 0 Å². The number of benzene rings is 3. The third-order valence-corrected chi connectivity index (χ3v) is 7.58. The van der Waals surface area contributed by atoms with Crippen LogP contribution in [-0.2, 0) is 17.6 Å². The Kier molecular flexibility index (Phi) is 7.54. The third kappa shape index (κ3) is 5.96. The number of amides is 1. The molecular formula is C31H31ClN6O. The largest absolute Gasteiger partial charge is 0.325 e. The Bertz CT molecular complexity index is 1490. The van der Waals surface area contributed by atoms with Crippen molar-refractivity contribution in [2.75, 3.05) is 44.6 Å². The minimum Gasteiger partial charge on any atom is -0.325 e. The van der Waals surface area contributed by atoms with Gasteiger partial charge in [0.15, 0.2) is 5.82 Å². The van der Waals surface area contributed by atoms with Crippen LogP contribution in [0.4, 0.5) is 5.69 Å². The summed E-state index contributed by atoms with van der Waals surface area (Å²) >= 11 is 6.23. The molecule has 2 aliphatic rings. The van der Waals surface area contributed by atoms with Crippen LogP contribution in [0.15, 0.2) is 78.9 Å². The van der Waals surface area contributed by atoms with Crippen molar-refractivity contribution < 1.29 is 4.79 Å². The van der Waals surface area contributed by atoms with Gasteiger partial charge in [-0.1, -0.05) is 66.2 Å². The smallest absolute Gasteiger partial charge is 0.238 e. The fraction of sp³-hybridized carbons (Fsp3) is 0.258. The molecule has 0 unspecified atom stereocenters. The van der Waals surface area contributed by atoms with E-state index in [0.29, 0.717) is 11.6 Å². The molecule has 3 heterocycles. The molecule has 0 spiro atoms. The first kappa shape index (κ1) is 25.5. The van der Waals surface area contributed by atoms with Crippen LogP contribution < -0.4 is 5.32 Å². The zero-order valence-corrected chi connectivity index (χ0v) is 22.5. The topological polar surface area (TPSA) is 66.3 Å². The van der Waals surface area contributed by atoms with E-state index >= 15 is 0 Å². The normalized spacial score (nSPS) is 15.7. The highest BCUT2D eigenvalue weighted by molar-refractivity contribution is 6.30. The molecule has 1 fully saturated rings. The molecule has 6 rings (SSSR count). The van der Waals surface area contributed by atoms with Gasteiger partial charge in [0.05, 0.1) is 12.2 Å². The highest BCUT2D eigenvalue weighted by Crippen LogP contribution is 2.32. The zero-order chi connectivity index (χ0) is 26.6. The fourth-order valence-electron chi connectivity index (χ4n) is 5.31. The monoisotopic (exact) mass is 538 g/mol. The summed E-state index contributed by atoms with van der Waals surface area (Å²) in [6, 6.07) is 24.1. The number of anilines is 1. The highest BCUT2D eigenvalue weighted by Gasteiger charge is 2.23. The zero-order valence-electron chi connectivity index (χ0n) is 21.8. The molecule has 0 aliphatic carbocycles. The summed E-state index contributed by atoms with van der Waals surface area (Å²) in [4.78, 5) is 17.5. The van der Waals surface area contributed by atoms with Crippen molar-refractivity contribution >= 4 is 29.3 Å². The van der Waals surface area contributed by atoms with Gasteiger partial charge in [0, 0.05) is 55.4 Å². The Morgan fingerprint density at radius 3 is 2.54 bits per heavy atom. The number of halogens is 1. The summed E-state index contributed by atoms with van der Waals surface area (Å²) in [5.74, 6) is 1.73. The van der Waals surface area contributed by atoms with Gasteiger partial charge >= 0.3 is 0 Å². The predicted octanol–water partition coefficient (Wildman–Crippen LogP) is 4.96. The molecule has 0 bridgehead atoms. The number of nitrogens with one attached hydrogen (secondary N) is 1. The minimum atomic E-state index is 0.0211. The average molecular weight is 539 g/mol. The van der Waals surface area contributed by atoms with Gasteiger partial charge in [0.2, 0.25) is 5.91 Å². The van der Waals surface area contributed by atoms with Crippen LogP contribution in [0.1, 0.15) is 17.0 Å². The maximum Gasteiger partial charge on any atom is 0.238 e. The van der Waals surface area contributed by atoms with Crippen molar-refractivity contribution in [3.8, 4) is 17.1 Å². The molecule has 4 aromatic rings. The van der Waals surface area contributed by atoms with E-state index in [9.17, 15) is 4.79 Å². The van der Waals surface area contributed by atoms with Gasteiger partial charge in [-0.2, -0.15) is 0 Å². The predicted molar refractivity (Wildman–Crippen MR) is 156 cm³/mol. The molecule has 3 aromatic carbocycles. The van der Waals surface area contributed by atoms with Crippen molar-refractivity contribution in [2.45, 2.75) is 12.8 Å². The maximum absolute atomic E-state index is 12.9. The number of hydrogen-bond donors (Lipinski definition) is 1. The Morgan fingerprint density at radius 2 is 1.72 bits per heavy atom. The average Bonchev–Trinajstić information content (AvgIpc) is 3.39. The summed E-state index contributed by atoms with van der Waals surface area (Å²) in [5.41, 5.74) is 5.19. The molecule has 0 saturated carbocycles. The van der Waals surface area contributed by atoms with Gasteiger partial charge in [-0.3, -0.25) is 19.2 Å². The number of carbonyl (C=O) groups is 1. The van der Waals surface area contributed by atoms with Crippen LogP contribution in [0.2, 0.25) is 5.02 Å². The molecule has 1 N–H and O–H groups in total. The number of hydrogen-bond acceptors (Lipinski definition) is 5. The van der Waals surface area contributed by atoms with Crippen LogP contribution in [0.25, 0.3) is 23.2 Å². The van der Waals surface area contributed by atoms with Gasteiger partial charge in [-0.15, -0.1) is 10.2 Å². The molecule has 2 aliphatic heterocycles. The van der Waals surface area contributed by atoms with E-state index in [4.69, 9.17) is 11.6 Å². The van der Waals surface area contributed by atoms with Crippen molar-refractivity contribution in [1.29, 1.82) is 0 Å². The van der Waals surface area contributed by atoms with E-state index in [0.717, 1.165) is 74.2 Å². The standard InChI is InChI=1S/C31H31ClN6O/c32-26-10-4-9-25(20-26)31-35-34-29-14-11-24-21-27(12-13-28(24)38(29)31)33-30(39)22-37-18-16-36(17-19-37)15-5-8-23-6-2-1-3-7-23/h1-10,12-13,20-21H,11,14-19,22H2,(H,33,39)/b8-5+. The molecule has 7 nitrogen and oxygen atoms in total. The fourth-order valence-corrected chi connectivity index (χ4v) is 5.50. The van der Waals surface area contributed by atoms with Crippen molar-refractivity contribution in [3.05, 3.63) is 101 Å². The third-order valence-electron chi connectivity index (χ3n) is 7.34. The van der Waals surface area contributed by atoms with E-state index < -0.39 is 0 Å². The van der Waals surface area contributed by atoms with E-state index in [1.54, 1.807) is 0 Å². The second kappa shape index (κ2) is 11.5. The van der Waals surface area contributed by atoms with Crippen molar-refractivity contribution in [1.82, 2.24) is 24.6 Å². The lowest BCUT2D eigenvalue weighted by Gasteiger charge is -2.33. The van der Waals surface area contributed by atoms with Gasteiger partial charge in [-0.25, -0.2) is 0 Å². The molecule has 1 amide bonds. The Balaban J connectivity index is 1.04. The van der Waals surface area contributed by atoms with E-state index in [2.05, 4.69) is 72.4 Å². The van der Waals surface area contributed by atoms with E-state index in [1.807, 2.05) is 42.5 Å². The first-order valence-corrected chi connectivity index (χ1v) is 13.8. The van der Waals surface area contributed by atoms with Gasteiger partial charge in [0.25, 0.3) is 0 Å². The molecule has 0 radical (unpaired) electrons. The number of fused-ring (bicyclic) bond motifs is 3. The number of aryl methyl sites for hydroxylation is 2. The minimum absolute atomic E-state index is 0.0211. The maximum atomic E-state index is 12.9. The second-order valence-corrected chi connectivity index (χ2v) is 10.5. The lowest BCUT2D eigenvalue weighted by Crippen LogP contribution is -2.48. The highest BCUT2D eigenvalue weighted by atomic mass is 35.5. The number of rotatable bonds is 7. The second-order valence-electron chi connectivity index (χ2n) is 10.1. The summed E-state index contributed by atoms with van der Waals surface area (Å²) in [5, 5.41) is 12.6. The number of nitrogens with zero attached hydrogens (tertiary/aromatic N) is 5. The van der Waals surface area contributed by atoms with E-state index in [1.165, 1.54) is 11.1 Å². The lowest BCUT2D eigenvalue weighted by atomic mass is 10.0. The van der Waals surface area contributed by atoms with Crippen molar-refractivity contribution in [2.24, 2.45) is 0 Å². The molecule has 1 saturated heterocycles. The van der Waals surface area contributed by atoms with E-state index in [-0.39, 0.29) is 5.91 Å². The Labute approximate surface area is 233 Å². The molecular weight excluding hydrogens is 508 g/mol. The lowest BCUT2D eigenvalue weighted by molar-refractivity contribution is -0.117. The molecule has 198 valence electrons. The Hall–Kier alpha value is -3.78. The number of aromatic nitrogens is 3. The SMILES string of the molecule is O=C(CN1CCN(C/C=C/c2ccccc2)CC1)Nc1ccc2c(c1)CCc1nnc(-c3cccc(Cl)c3)n1-2. The number of piperazine rings is 1. The summed E-state index contributed by atoms with van der Waals surface area (Å²) < 4.78 is 2.10. The van der Waals surface area contributed by atoms with Crippen LogP contribution in [-0.4, -0.2) is 69.7 Å². The number of carbonyl (C=O) groups excluding carboxylic acids is 1.